The average Bonchev–Trinajstić information content (AvgIpc) is 2.94. The molecule has 0 fully saturated rings. The largest absolute Gasteiger partial charge is 0.356 e. The van der Waals surface area contributed by atoms with Gasteiger partial charge >= 0.3 is 0 Å². The summed E-state index contributed by atoms with van der Waals surface area (Å²) >= 11 is 5.90. The lowest BCUT2D eigenvalue weighted by atomic mass is 10.1. The Hall–Kier alpha value is -2.44. The lowest BCUT2D eigenvalue weighted by Gasteiger charge is -2.21. The number of anilines is 1. The molecule has 3 N–H and O–H groups in total. The first-order valence-electron chi connectivity index (χ1n) is 7.12. The fourth-order valence-corrected chi connectivity index (χ4v) is 3.12. The van der Waals surface area contributed by atoms with Crippen molar-refractivity contribution in [2.24, 2.45) is 10.1 Å². The Balaban J connectivity index is 2.05. The number of nitriles is 1. The maximum Gasteiger partial charge on any atom is 0.265 e. The molecule has 2 aromatic rings. The van der Waals surface area contributed by atoms with Crippen molar-refractivity contribution in [3.05, 3.63) is 59.1 Å². The van der Waals surface area contributed by atoms with Crippen molar-refractivity contribution in [2.75, 3.05) is 11.4 Å². The highest BCUT2D eigenvalue weighted by molar-refractivity contribution is 7.89. The Labute approximate surface area is 149 Å². The number of primary sulfonamides is 1. The van der Waals surface area contributed by atoms with Crippen molar-refractivity contribution in [1.29, 1.82) is 5.26 Å². The molecule has 128 valence electrons. The molecule has 0 amide bonds. The second-order valence-electron chi connectivity index (χ2n) is 5.50. The molecule has 9 heteroatoms. The Morgan fingerprint density at radius 3 is 2.32 bits per heavy atom. The highest BCUT2D eigenvalue weighted by Crippen LogP contribution is 2.29. The second kappa shape index (κ2) is 6.13. The number of aliphatic hydroxyl groups is 1. The van der Waals surface area contributed by atoms with Crippen molar-refractivity contribution < 1.29 is 13.5 Å². The van der Waals surface area contributed by atoms with Crippen molar-refractivity contribution in [1.82, 2.24) is 0 Å². The third-order valence-electron chi connectivity index (χ3n) is 3.68. The summed E-state index contributed by atoms with van der Waals surface area (Å²) in [5.41, 5.74) is -0.675. The van der Waals surface area contributed by atoms with Gasteiger partial charge in [0.15, 0.2) is 0 Å². The predicted molar refractivity (Wildman–Crippen MR) is 93.7 cm³/mol. The van der Waals surface area contributed by atoms with Crippen molar-refractivity contribution in [2.45, 2.75) is 10.6 Å². The van der Waals surface area contributed by atoms with Crippen molar-refractivity contribution in [3.63, 3.8) is 0 Å². The van der Waals surface area contributed by atoms with Gasteiger partial charge in [0.1, 0.15) is 11.9 Å². The van der Waals surface area contributed by atoms with Crippen LogP contribution in [0.1, 0.15) is 5.56 Å². The van der Waals surface area contributed by atoms with E-state index in [4.69, 9.17) is 16.7 Å². The summed E-state index contributed by atoms with van der Waals surface area (Å²) in [6.45, 7) is -0.0581. The van der Waals surface area contributed by atoms with Gasteiger partial charge < -0.3 is 10.0 Å². The van der Waals surface area contributed by atoms with Gasteiger partial charge in [-0.25, -0.2) is 18.5 Å². The van der Waals surface area contributed by atoms with E-state index < -0.39 is 15.7 Å². The second-order valence-corrected chi connectivity index (χ2v) is 7.49. The molecular weight excluding hydrogens is 364 g/mol. The molecule has 1 aliphatic heterocycles. The number of nitrogens with zero attached hydrogens (tertiary/aromatic N) is 3. The fraction of sp³-hybridized carbons (Fsp3) is 0.125. The van der Waals surface area contributed by atoms with Gasteiger partial charge in [-0.1, -0.05) is 11.6 Å². The van der Waals surface area contributed by atoms with E-state index in [0.717, 1.165) is 0 Å². The Morgan fingerprint density at radius 1 is 1.20 bits per heavy atom. The monoisotopic (exact) mass is 376 g/mol. The predicted octanol–water partition coefficient (Wildman–Crippen LogP) is 1.47. The van der Waals surface area contributed by atoms with Gasteiger partial charge in [0.25, 0.3) is 5.72 Å². The first-order chi connectivity index (χ1) is 11.7. The molecule has 25 heavy (non-hydrogen) atoms. The van der Waals surface area contributed by atoms with Crippen LogP contribution in [-0.4, -0.2) is 31.6 Å². The third-order valence-corrected chi connectivity index (χ3v) is 4.86. The summed E-state index contributed by atoms with van der Waals surface area (Å²) < 4.78 is 22.7. The van der Waals surface area contributed by atoms with Gasteiger partial charge in [0, 0.05) is 16.3 Å². The van der Waals surface area contributed by atoms with Gasteiger partial charge in [-0.3, -0.25) is 0 Å². The number of hydrogen-bond donors (Lipinski definition) is 2. The summed E-state index contributed by atoms with van der Waals surface area (Å²) in [5.74, 6) is 0.340. The molecule has 7 nitrogen and oxygen atoms in total. The smallest absolute Gasteiger partial charge is 0.265 e. The van der Waals surface area contributed by atoms with E-state index in [-0.39, 0.29) is 11.4 Å². The van der Waals surface area contributed by atoms with Crippen LogP contribution in [0.3, 0.4) is 0 Å². The van der Waals surface area contributed by atoms with E-state index in [1.807, 2.05) is 0 Å². The van der Waals surface area contributed by atoms with Crippen LogP contribution in [0.4, 0.5) is 5.69 Å². The number of hydrogen-bond acceptors (Lipinski definition) is 6. The van der Waals surface area contributed by atoms with Gasteiger partial charge in [0.2, 0.25) is 10.0 Å². The maximum absolute atomic E-state index is 11.4. The van der Waals surface area contributed by atoms with E-state index in [9.17, 15) is 18.8 Å². The zero-order valence-electron chi connectivity index (χ0n) is 12.8. The molecule has 1 aliphatic rings. The van der Waals surface area contributed by atoms with Crippen LogP contribution in [0, 0.1) is 11.3 Å². The summed E-state index contributed by atoms with van der Waals surface area (Å²) in [7, 11) is -3.81. The van der Waals surface area contributed by atoms with E-state index in [2.05, 4.69) is 4.99 Å². The van der Waals surface area contributed by atoms with Crippen LogP contribution in [0.2, 0.25) is 5.02 Å². The van der Waals surface area contributed by atoms with Gasteiger partial charge in [-0.15, -0.1) is 0 Å². The molecule has 0 aromatic heterocycles. The summed E-state index contributed by atoms with van der Waals surface area (Å²) in [6, 6.07) is 14.3. The number of nitrogens with two attached hydrogens (primary N) is 1. The molecule has 1 heterocycles. The van der Waals surface area contributed by atoms with Crippen LogP contribution in [0.5, 0.6) is 0 Å². The van der Waals surface area contributed by atoms with Crippen LogP contribution in [0.25, 0.3) is 0 Å². The van der Waals surface area contributed by atoms with Crippen LogP contribution < -0.4 is 10.0 Å². The highest BCUT2D eigenvalue weighted by atomic mass is 35.5. The molecule has 1 atom stereocenters. The SMILES string of the molecule is N#CC1(O)CN(c2ccc(Cl)cc2)C(c2ccc(S(N)(=O)=O)cc2)=N1. The minimum absolute atomic E-state index is 0.0385. The van der Waals surface area contributed by atoms with E-state index >= 15 is 0 Å². The lowest BCUT2D eigenvalue weighted by molar-refractivity contribution is 0.127. The minimum atomic E-state index is -3.81. The fourth-order valence-electron chi connectivity index (χ4n) is 2.48. The van der Waals surface area contributed by atoms with Crippen molar-refractivity contribution in [3.8, 4) is 6.07 Å². The normalized spacial score (nSPS) is 20.2. The van der Waals surface area contributed by atoms with E-state index in [0.29, 0.717) is 22.1 Å². The number of sulfonamides is 1. The molecule has 0 saturated carbocycles. The zero-order valence-corrected chi connectivity index (χ0v) is 14.4. The topological polar surface area (TPSA) is 120 Å². The van der Waals surface area contributed by atoms with E-state index in [1.54, 1.807) is 35.2 Å². The quantitative estimate of drug-likeness (QED) is 0.786. The Kier molecular flexibility index (Phi) is 4.26. The number of aliphatic imine (C=N–C) groups is 1. The molecule has 1 unspecified atom stereocenters. The van der Waals surface area contributed by atoms with E-state index in [1.165, 1.54) is 24.3 Å². The molecule has 0 spiro atoms. The van der Waals surface area contributed by atoms with Crippen LogP contribution in [0.15, 0.2) is 58.4 Å². The average molecular weight is 377 g/mol. The molecule has 0 aliphatic carbocycles. The highest BCUT2D eigenvalue weighted by Gasteiger charge is 2.39. The van der Waals surface area contributed by atoms with Gasteiger partial charge in [0.05, 0.1) is 11.4 Å². The Bertz CT molecular complexity index is 982. The standard InChI is InChI=1S/C16H13ClN4O3S/c17-12-3-5-13(6-4-12)21-10-16(22,9-18)20-15(21)11-1-7-14(8-2-11)25(19,23)24/h1-8,22H,10H2,(H2,19,23,24). The van der Waals surface area contributed by atoms with Gasteiger partial charge in [-0.05, 0) is 48.5 Å². The molecule has 0 saturated heterocycles. The molecule has 2 aromatic carbocycles. The zero-order chi connectivity index (χ0) is 18.2. The lowest BCUT2D eigenvalue weighted by Crippen LogP contribution is -2.35. The third kappa shape index (κ3) is 3.50. The van der Waals surface area contributed by atoms with Crippen LogP contribution >= 0.6 is 11.6 Å². The summed E-state index contributed by atoms with van der Waals surface area (Å²) in [4.78, 5) is 5.72. The molecule has 0 bridgehead atoms. The minimum Gasteiger partial charge on any atom is -0.356 e. The first-order valence-corrected chi connectivity index (χ1v) is 9.04. The molecule has 0 radical (unpaired) electrons. The van der Waals surface area contributed by atoms with Crippen LogP contribution in [-0.2, 0) is 10.0 Å². The molecule has 3 rings (SSSR count). The van der Waals surface area contributed by atoms with Gasteiger partial charge in [-0.2, -0.15) is 5.26 Å². The summed E-state index contributed by atoms with van der Waals surface area (Å²) in [6.07, 6.45) is 0. The van der Waals surface area contributed by atoms with Crippen molar-refractivity contribution >= 4 is 33.1 Å². The number of amidine groups is 1. The number of rotatable bonds is 3. The number of halogens is 1. The summed E-state index contributed by atoms with van der Waals surface area (Å²) in [5, 5.41) is 25.1. The molecular formula is C16H13ClN4O3S. The maximum atomic E-state index is 11.4. The first kappa shape index (κ1) is 17.4. The number of benzene rings is 2. The Morgan fingerprint density at radius 2 is 1.80 bits per heavy atom. The number of β-amino-alcohol motifs (C(OH)–C–C–N with tert-alkyl or cyclic N) is 1.